The number of aromatic nitrogens is 2. The number of benzene rings is 8. The molecule has 0 saturated carbocycles. The highest BCUT2D eigenvalue weighted by atomic mass is 16.3. The summed E-state index contributed by atoms with van der Waals surface area (Å²) in [6, 6.07) is 58.2. The summed E-state index contributed by atoms with van der Waals surface area (Å²) in [5.41, 5.74) is 11.3. The Morgan fingerprint density at radius 3 is 1.21 bits per heavy atom. The molecule has 12 aromatic rings. The molecule has 0 unspecified atom stereocenters. The highest BCUT2D eigenvalue weighted by Gasteiger charge is 2.23. The molecule has 6 heteroatoms. The van der Waals surface area contributed by atoms with Crippen molar-refractivity contribution in [2.24, 2.45) is 0 Å². The summed E-state index contributed by atoms with van der Waals surface area (Å²) >= 11 is 0. The second-order valence-electron chi connectivity index (χ2n) is 14.3. The van der Waals surface area contributed by atoms with Crippen LogP contribution in [0.5, 0.6) is 0 Å². The Balaban J connectivity index is 1.14. The number of hydrogen-bond acceptors (Lipinski definition) is 4. The first kappa shape index (κ1) is 30.4. The van der Waals surface area contributed by atoms with Gasteiger partial charge in [0.05, 0.1) is 44.6 Å². The third-order valence-corrected chi connectivity index (χ3v) is 11.4. The topological polar surface area (TPSA) is 83.7 Å². The van der Waals surface area contributed by atoms with Crippen LogP contribution in [0, 0.1) is 22.7 Å². The number of hydrogen-bond donors (Lipinski definition) is 0. The zero-order chi connectivity index (χ0) is 37.1. The normalized spacial score (nSPS) is 11.9. The van der Waals surface area contributed by atoms with E-state index in [1.165, 1.54) is 0 Å². The van der Waals surface area contributed by atoms with Crippen molar-refractivity contribution in [2.45, 2.75) is 0 Å². The molecule has 0 N–H and O–H groups in total. The third-order valence-electron chi connectivity index (χ3n) is 11.4. The smallest absolute Gasteiger partial charge is 0.160 e. The SMILES string of the molecule is N#Cc1ccc(-c2ccc(C#N)c(-n3c4ccccc4c4ccc5c6ccccc6oc5c43)c2)cc1-n1c2ccccc2c2ccc3c4ccccc4oc3c21. The molecule has 0 bridgehead atoms. The Morgan fingerprint density at radius 1 is 0.375 bits per heavy atom. The van der Waals surface area contributed by atoms with Gasteiger partial charge in [0.15, 0.2) is 11.2 Å². The van der Waals surface area contributed by atoms with Crippen LogP contribution in [0.1, 0.15) is 11.1 Å². The summed E-state index contributed by atoms with van der Waals surface area (Å²) in [5, 5.41) is 29.6. The Kier molecular flexibility index (Phi) is 6.10. The van der Waals surface area contributed by atoms with Crippen LogP contribution < -0.4 is 0 Å². The monoisotopic (exact) mass is 714 g/mol. The van der Waals surface area contributed by atoms with Crippen LogP contribution in [-0.4, -0.2) is 9.13 Å². The Morgan fingerprint density at radius 2 is 0.768 bits per heavy atom. The van der Waals surface area contributed by atoms with Gasteiger partial charge in [-0.05, 0) is 71.8 Å². The molecule has 4 heterocycles. The van der Waals surface area contributed by atoms with Gasteiger partial charge < -0.3 is 18.0 Å². The van der Waals surface area contributed by atoms with Crippen molar-refractivity contribution in [2.75, 3.05) is 0 Å². The summed E-state index contributed by atoms with van der Waals surface area (Å²) in [7, 11) is 0. The lowest BCUT2D eigenvalue weighted by Gasteiger charge is -2.15. The Bertz CT molecular complexity index is 3500. The number of fused-ring (bicyclic) bond motifs is 14. The maximum absolute atomic E-state index is 10.6. The number of para-hydroxylation sites is 4. The van der Waals surface area contributed by atoms with Crippen LogP contribution in [0.3, 0.4) is 0 Å². The van der Waals surface area contributed by atoms with Crippen LogP contribution in [0.2, 0.25) is 0 Å². The van der Waals surface area contributed by atoms with E-state index in [1.54, 1.807) is 0 Å². The molecular weight excluding hydrogens is 689 g/mol. The summed E-state index contributed by atoms with van der Waals surface area (Å²) in [5.74, 6) is 0. The van der Waals surface area contributed by atoms with E-state index in [9.17, 15) is 10.5 Å². The molecule has 0 fully saturated rings. The number of nitriles is 2. The Labute approximate surface area is 318 Å². The predicted molar refractivity (Wildman–Crippen MR) is 225 cm³/mol. The highest BCUT2D eigenvalue weighted by Crippen LogP contribution is 2.43. The third kappa shape index (κ3) is 4.02. The predicted octanol–water partition coefficient (Wildman–Crippen LogP) is 13.1. The van der Waals surface area contributed by atoms with Crippen molar-refractivity contribution >= 4 is 87.5 Å². The van der Waals surface area contributed by atoms with Gasteiger partial charge in [-0.1, -0.05) is 97.1 Å². The summed E-state index contributed by atoms with van der Waals surface area (Å²) in [6.45, 7) is 0. The van der Waals surface area contributed by atoms with Gasteiger partial charge in [0.2, 0.25) is 0 Å². The van der Waals surface area contributed by atoms with Gasteiger partial charge in [0, 0.05) is 43.1 Å². The van der Waals surface area contributed by atoms with E-state index in [4.69, 9.17) is 8.83 Å². The van der Waals surface area contributed by atoms with Gasteiger partial charge in [0.25, 0.3) is 0 Å². The van der Waals surface area contributed by atoms with Crippen molar-refractivity contribution in [3.05, 3.63) is 169 Å². The molecule has 258 valence electrons. The summed E-state index contributed by atoms with van der Waals surface area (Å²) < 4.78 is 17.6. The maximum Gasteiger partial charge on any atom is 0.160 e. The molecule has 8 aromatic carbocycles. The minimum Gasteiger partial charge on any atom is -0.454 e. The second kappa shape index (κ2) is 11.2. The molecule has 0 aliphatic rings. The van der Waals surface area contributed by atoms with Gasteiger partial charge in [-0.2, -0.15) is 10.5 Å². The van der Waals surface area contributed by atoms with Crippen molar-refractivity contribution in [1.29, 1.82) is 10.5 Å². The zero-order valence-electron chi connectivity index (χ0n) is 29.6. The molecule has 6 nitrogen and oxygen atoms in total. The first-order valence-electron chi connectivity index (χ1n) is 18.5. The molecule has 4 aromatic heterocycles. The fourth-order valence-electron chi connectivity index (χ4n) is 8.94. The number of rotatable bonds is 3. The summed E-state index contributed by atoms with van der Waals surface area (Å²) in [4.78, 5) is 0. The molecule has 0 spiro atoms. The van der Waals surface area contributed by atoms with Crippen molar-refractivity contribution in [3.8, 4) is 34.6 Å². The molecule has 56 heavy (non-hydrogen) atoms. The fourth-order valence-corrected chi connectivity index (χ4v) is 8.94. The van der Waals surface area contributed by atoms with Crippen LogP contribution >= 0.6 is 0 Å². The second-order valence-corrected chi connectivity index (χ2v) is 14.3. The van der Waals surface area contributed by atoms with Gasteiger partial charge >= 0.3 is 0 Å². The molecular formula is C50H26N4O2. The quantitative estimate of drug-likeness (QED) is 0.182. The standard InChI is InChI=1S/C50H26N4O2/c51-27-31-19-17-29(25-43(31)53-41-13-5-1-9-33(41)37-21-23-39-35-11-3-7-15-45(35)55-49(39)47(37)53)30-18-20-32(28-52)44(26-30)54-42-14-6-2-10-34(42)38-22-24-40-36-12-4-8-16-46(36)56-50(40)48(38)54/h1-26H. The minimum absolute atomic E-state index is 0.535. The molecule has 12 rings (SSSR count). The first-order valence-corrected chi connectivity index (χ1v) is 18.5. The van der Waals surface area contributed by atoms with Crippen molar-refractivity contribution in [3.63, 3.8) is 0 Å². The molecule has 0 aliphatic carbocycles. The average molecular weight is 715 g/mol. The molecule has 0 radical (unpaired) electrons. The largest absolute Gasteiger partial charge is 0.454 e. The van der Waals surface area contributed by atoms with Gasteiger partial charge in [-0.3, -0.25) is 0 Å². The van der Waals surface area contributed by atoms with Crippen LogP contribution in [0.4, 0.5) is 0 Å². The lowest BCUT2D eigenvalue weighted by atomic mass is 9.99. The van der Waals surface area contributed by atoms with Crippen LogP contribution in [0.25, 0.3) is 110 Å². The average Bonchev–Trinajstić information content (AvgIpc) is 4.01. The van der Waals surface area contributed by atoms with Crippen molar-refractivity contribution in [1.82, 2.24) is 9.13 Å². The fraction of sp³-hybridized carbons (Fsp3) is 0. The van der Waals surface area contributed by atoms with Crippen LogP contribution in [-0.2, 0) is 0 Å². The van der Waals surface area contributed by atoms with E-state index >= 15 is 0 Å². The van der Waals surface area contributed by atoms with E-state index < -0.39 is 0 Å². The van der Waals surface area contributed by atoms with Gasteiger partial charge in [-0.15, -0.1) is 0 Å². The lowest BCUT2D eigenvalue weighted by molar-refractivity contribution is 0.670. The van der Waals surface area contributed by atoms with E-state index in [0.29, 0.717) is 11.1 Å². The van der Waals surface area contributed by atoms with Crippen LogP contribution in [0.15, 0.2) is 167 Å². The lowest BCUT2D eigenvalue weighted by Crippen LogP contribution is -2.00. The first-order chi connectivity index (χ1) is 27.7. The van der Waals surface area contributed by atoms with Gasteiger partial charge in [-0.25, -0.2) is 0 Å². The van der Waals surface area contributed by atoms with E-state index in [0.717, 1.165) is 110 Å². The maximum atomic E-state index is 10.6. The Hall–Kier alpha value is -8.06. The van der Waals surface area contributed by atoms with Crippen molar-refractivity contribution < 1.29 is 8.83 Å². The summed E-state index contributed by atoms with van der Waals surface area (Å²) in [6.07, 6.45) is 0. The number of furan rings is 2. The molecule has 0 atom stereocenters. The number of nitrogens with zero attached hydrogens (tertiary/aromatic N) is 4. The van der Waals surface area contributed by atoms with E-state index in [2.05, 4.69) is 94.1 Å². The molecule has 0 amide bonds. The zero-order valence-corrected chi connectivity index (χ0v) is 29.6. The minimum atomic E-state index is 0.535. The van der Waals surface area contributed by atoms with Gasteiger partial charge in [0.1, 0.15) is 23.3 Å². The highest BCUT2D eigenvalue weighted by molar-refractivity contribution is 6.23. The van der Waals surface area contributed by atoms with E-state index in [1.807, 2.05) is 84.9 Å². The molecule has 0 aliphatic heterocycles. The van der Waals surface area contributed by atoms with E-state index in [-0.39, 0.29) is 0 Å². The molecule has 0 saturated heterocycles.